The highest BCUT2D eigenvalue weighted by Gasteiger charge is 2.29. The largest absolute Gasteiger partial charge is 0.384 e. The summed E-state index contributed by atoms with van der Waals surface area (Å²) in [4.78, 5) is 2.01. The lowest BCUT2D eigenvalue weighted by Gasteiger charge is -2.36. The van der Waals surface area contributed by atoms with Gasteiger partial charge in [-0.1, -0.05) is 12.1 Å². The van der Waals surface area contributed by atoms with Crippen molar-refractivity contribution in [1.82, 2.24) is 0 Å². The van der Waals surface area contributed by atoms with Gasteiger partial charge in [0.2, 0.25) is 0 Å². The van der Waals surface area contributed by atoms with E-state index in [-0.39, 0.29) is 23.4 Å². The number of nitrogens with two attached hydrogens (primary N) is 1. The van der Waals surface area contributed by atoms with Crippen LogP contribution in [0.5, 0.6) is 0 Å². The fourth-order valence-electron chi connectivity index (χ4n) is 2.31. The molecule has 1 saturated heterocycles. The minimum absolute atomic E-state index is 0.00577. The minimum atomic E-state index is -2.93. The number of benzene rings is 1. The lowest BCUT2D eigenvalue weighted by atomic mass is 10.1. The van der Waals surface area contributed by atoms with Crippen molar-refractivity contribution in [3.63, 3.8) is 0 Å². The number of rotatable bonds is 2. The molecule has 1 heterocycles. The Hall–Kier alpha value is -1.56. The van der Waals surface area contributed by atoms with Crippen molar-refractivity contribution in [2.45, 2.75) is 13.0 Å². The number of para-hydroxylation sites is 1. The maximum atomic E-state index is 11.6. The van der Waals surface area contributed by atoms with Crippen LogP contribution >= 0.6 is 0 Å². The number of amidine groups is 1. The third-order valence-corrected chi connectivity index (χ3v) is 4.97. The Labute approximate surface area is 107 Å². The van der Waals surface area contributed by atoms with Gasteiger partial charge in [-0.15, -0.1) is 0 Å². The zero-order chi connectivity index (χ0) is 13.3. The molecule has 0 saturated carbocycles. The van der Waals surface area contributed by atoms with E-state index in [1.807, 2.05) is 30.0 Å². The van der Waals surface area contributed by atoms with Crippen molar-refractivity contribution in [2.24, 2.45) is 5.73 Å². The summed E-state index contributed by atoms with van der Waals surface area (Å²) in [6.07, 6.45) is 0. The molecule has 5 nitrogen and oxygen atoms in total. The van der Waals surface area contributed by atoms with Crippen LogP contribution in [0.3, 0.4) is 0 Å². The summed E-state index contributed by atoms with van der Waals surface area (Å²) in [5.74, 6) is 0.314. The summed E-state index contributed by atoms with van der Waals surface area (Å²) >= 11 is 0. The van der Waals surface area contributed by atoms with Crippen LogP contribution in [0.2, 0.25) is 0 Å². The van der Waals surface area contributed by atoms with Crippen molar-refractivity contribution in [3.05, 3.63) is 29.8 Å². The number of hydrogen-bond acceptors (Lipinski definition) is 4. The van der Waals surface area contributed by atoms with Gasteiger partial charge in [0.05, 0.1) is 11.5 Å². The van der Waals surface area contributed by atoms with E-state index < -0.39 is 9.84 Å². The van der Waals surface area contributed by atoms with Gasteiger partial charge in [-0.25, -0.2) is 8.42 Å². The monoisotopic (exact) mass is 267 g/mol. The lowest BCUT2D eigenvalue weighted by molar-refractivity contribution is 0.568. The van der Waals surface area contributed by atoms with Crippen LogP contribution in [0.4, 0.5) is 5.69 Å². The molecule has 1 atom stereocenters. The predicted molar refractivity (Wildman–Crippen MR) is 72.9 cm³/mol. The van der Waals surface area contributed by atoms with Gasteiger partial charge in [0.15, 0.2) is 9.84 Å². The molecule has 0 spiro atoms. The van der Waals surface area contributed by atoms with Gasteiger partial charge < -0.3 is 10.6 Å². The highest BCUT2D eigenvalue weighted by atomic mass is 32.2. The Morgan fingerprint density at radius 3 is 2.72 bits per heavy atom. The van der Waals surface area contributed by atoms with Crippen LogP contribution in [-0.4, -0.2) is 38.3 Å². The number of nitrogens with zero attached hydrogens (tertiary/aromatic N) is 1. The Bertz CT molecular complexity index is 568. The first-order valence-electron chi connectivity index (χ1n) is 5.81. The zero-order valence-electron chi connectivity index (χ0n) is 10.3. The zero-order valence-corrected chi connectivity index (χ0v) is 11.1. The third-order valence-electron chi connectivity index (χ3n) is 3.17. The van der Waals surface area contributed by atoms with E-state index in [2.05, 4.69) is 0 Å². The highest BCUT2D eigenvalue weighted by Crippen LogP contribution is 2.25. The molecule has 0 amide bonds. The molecule has 0 bridgehead atoms. The number of anilines is 1. The van der Waals surface area contributed by atoms with Crippen LogP contribution in [-0.2, 0) is 9.84 Å². The van der Waals surface area contributed by atoms with E-state index in [4.69, 9.17) is 11.1 Å². The Morgan fingerprint density at radius 2 is 2.11 bits per heavy atom. The van der Waals surface area contributed by atoms with Crippen LogP contribution in [0, 0.1) is 5.41 Å². The van der Waals surface area contributed by atoms with Crippen molar-refractivity contribution in [2.75, 3.05) is 23.0 Å². The molecule has 0 aliphatic carbocycles. The van der Waals surface area contributed by atoms with Gasteiger partial charge in [-0.3, -0.25) is 5.41 Å². The summed E-state index contributed by atoms with van der Waals surface area (Å²) < 4.78 is 23.1. The normalized spacial score (nSPS) is 22.7. The number of nitrogens with one attached hydrogen (secondary N) is 1. The first-order chi connectivity index (χ1) is 8.41. The molecule has 1 aliphatic rings. The summed E-state index contributed by atoms with van der Waals surface area (Å²) in [5.41, 5.74) is 7.05. The number of hydrogen-bond donors (Lipinski definition) is 2. The molecular weight excluding hydrogens is 250 g/mol. The summed E-state index contributed by atoms with van der Waals surface area (Å²) in [6.45, 7) is 2.33. The van der Waals surface area contributed by atoms with Crippen LogP contribution in [0.15, 0.2) is 24.3 Å². The maximum Gasteiger partial charge on any atom is 0.154 e. The van der Waals surface area contributed by atoms with Crippen LogP contribution < -0.4 is 10.6 Å². The van der Waals surface area contributed by atoms with Crippen LogP contribution in [0.25, 0.3) is 0 Å². The Morgan fingerprint density at radius 1 is 1.44 bits per heavy atom. The van der Waals surface area contributed by atoms with Gasteiger partial charge in [0.25, 0.3) is 0 Å². The van der Waals surface area contributed by atoms with E-state index in [1.165, 1.54) is 0 Å². The molecule has 1 fully saturated rings. The van der Waals surface area contributed by atoms with E-state index in [0.29, 0.717) is 12.1 Å². The third kappa shape index (κ3) is 2.48. The van der Waals surface area contributed by atoms with Gasteiger partial charge in [0, 0.05) is 23.8 Å². The molecule has 2 rings (SSSR count). The molecule has 98 valence electrons. The van der Waals surface area contributed by atoms with E-state index >= 15 is 0 Å². The fraction of sp³-hybridized carbons (Fsp3) is 0.417. The fourth-order valence-corrected chi connectivity index (χ4v) is 3.86. The first-order valence-corrected chi connectivity index (χ1v) is 7.63. The molecule has 0 aromatic heterocycles. The molecule has 6 heteroatoms. The average molecular weight is 267 g/mol. The lowest BCUT2D eigenvalue weighted by Crippen LogP contribution is -2.47. The van der Waals surface area contributed by atoms with Crippen molar-refractivity contribution >= 4 is 21.4 Å². The second-order valence-corrected chi connectivity index (χ2v) is 6.82. The molecule has 18 heavy (non-hydrogen) atoms. The van der Waals surface area contributed by atoms with E-state index in [0.717, 1.165) is 5.69 Å². The Kier molecular flexibility index (Phi) is 3.30. The minimum Gasteiger partial charge on any atom is -0.384 e. The first kappa shape index (κ1) is 12.9. The summed E-state index contributed by atoms with van der Waals surface area (Å²) in [6, 6.07) is 7.27. The Balaban J connectivity index is 2.36. The molecule has 1 aliphatic heterocycles. The topological polar surface area (TPSA) is 87.2 Å². The quantitative estimate of drug-likeness (QED) is 0.606. The maximum absolute atomic E-state index is 11.6. The SMILES string of the molecule is CC1CS(=O)(=O)CCN1c1ccccc1C(=N)N. The van der Waals surface area contributed by atoms with E-state index in [9.17, 15) is 8.42 Å². The predicted octanol–water partition coefficient (Wildman–Crippen LogP) is 0.594. The average Bonchev–Trinajstić information content (AvgIpc) is 2.28. The molecule has 0 radical (unpaired) electrons. The van der Waals surface area contributed by atoms with Crippen molar-refractivity contribution in [3.8, 4) is 0 Å². The molecule has 3 N–H and O–H groups in total. The smallest absolute Gasteiger partial charge is 0.154 e. The summed E-state index contributed by atoms with van der Waals surface area (Å²) in [7, 11) is -2.93. The second kappa shape index (κ2) is 4.61. The van der Waals surface area contributed by atoms with E-state index in [1.54, 1.807) is 6.07 Å². The molecular formula is C12H17N3O2S. The number of sulfone groups is 1. The van der Waals surface area contributed by atoms with Gasteiger partial charge >= 0.3 is 0 Å². The number of nitrogen functional groups attached to an aromatic ring is 1. The standard InChI is InChI=1S/C12H17N3O2S/c1-9-8-18(16,17)7-6-15(9)11-5-3-2-4-10(11)12(13)14/h2-5,9H,6-8H2,1H3,(H3,13,14). The molecule has 1 unspecified atom stereocenters. The molecule has 1 aromatic rings. The van der Waals surface area contributed by atoms with Gasteiger partial charge in [0.1, 0.15) is 5.84 Å². The van der Waals surface area contributed by atoms with Crippen LogP contribution in [0.1, 0.15) is 12.5 Å². The molecule has 1 aromatic carbocycles. The van der Waals surface area contributed by atoms with Gasteiger partial charge in [-0.05, 0) is 19.1 Å². The second-order valence-electron chi connectivity index (χ2n) is 4.59. The highest BCUT2D eigenvalue weighted by molar-refractivity contribution is 7.91. The van der Waals surface area contributed by atoms with Crippen molar-refractivity contribution in [1.29, 1.82) is 5.41 Å². The van der Waals surface area contributed by atoms with Gasteiger partial charge in [-0.2, -0.15) is 0 Å². The van der Waals surface area contributed by atoms with Crippen molar-refractivity contribution < 1.29 is 8.42 Å². The summed E-state index contributed by atoms with van der Waals surface area (Å²) in [5, 5.41) is 7.57.